The number of rotatable bonds is 4. The van der Waals surface area contributed by atoms with Crippen molar-refractivity contribution in [2.75, 3.05) is 0 Å². The first-order valence-corrected chi connectivity index (χ1v) is 33.5. The van der Waals surface area contributed by atoms with Gasteiger partial charge in [-0.1, -0.05) is 266 Å². The van der Waals surface area contributed by atoms with Gasteiger partial charge in [0.15, 0.2) is 0 Å². The Hall–Kier alpha value is -9.36. The summed E-state index contributed by atoms with van der Waals surface area (Å²) in [7, 11) is 0. The first-order valence-electron chi connectivity index (χ1n) is 33.5. The monoisotopic (exact) mass is 1150 g/mol. The fraction of sp³-hybridized carbons (Fsp3) is 0.200. The molecule has 4 spiro atoms. The van der Waals surface area contributed by atoms with E-state index in [1.54, 1.807) is 33.4 Å². The molecule has 0 bridgehead atoms. The zero-order valence-corrected chi connectivity index (χ0v) is 51.6. The number of hydrogen-bond acceptors (Lipinski definition) is 0. The van der Waals surface area contributed by atoms with Crippen molar-refractivity contribution in [3.63, 3.8) is 0 Å². The summed E-state index contributed by atoms with van der Waals surface area (Å²) in [4.78, 5) is 0. The van der Waals surface area contributed by atoms with Crippen LogP contribution in [0.4, 0.5) is 0 Å². The normalized spacial score (nSPS) is 18.9. The van der Waals surface area contributed by atoms with E-state index in [1.807, 2.05) is 0 Å². The summed E-state index contributed by atoms with van der Waals surface area (Å²) in [6.45, 7) is 4.57. The van der Waals surface area contributed by atoms with Gasteiger partial charge < -0.3 is 0 Å². The van der Waals surface area contributed by atoms with Gasteiger partial charge in [-0.2, -0.15) is 0 Å². The summed E-state index contributed by atoms with van der Waals surface area (Å²) in [6.07, 6.45) is 11.7. The highest BCUT2D eigenvalue weighted by molar-refractivity contribution is 5.86. The maximum absolute atomic E-state index is 2.62. The van der Waals surface area contributed by atoms with Crippen LogP contribution in [0.1, 0.15) is 139 Å². The van der Waals surface area contributed by atoms with E-state index in [2.05, 4.69) is 281 Å². The Bertz CT molecular complexity index is 4500. The smallest absolute Gasteiger partial charge is 0.0295 e. The molecule has 2 saturated carbocycles. The van der Waals surface area contributed by atoms with Crippen LogP contribution in [0.2, 0.25) is 0 Å². The standard InChI is InChI=1S/C49H36.C41H36/c1-31-22-36(32-18-20-34-27-48(29-38(34)24-32)44-14-6-2-10-40(44)41-11-3-7-15-45(41)48)26-37(23-31)33-19-21-35-28-49(30-39(35)25-33)46-16-8-4-12-42(46)43-13-5-9-17-47(43)49;1-27-22-30(28-18-20-40(25-28)36-14-6-2-10-32(36)33-11-3-7-15-37(33)40)24-31(23-27)29-19-21-41(26-29)38-16-8-4-12-34(38)35-13-5-9-17-39(35)41/h2-26H,27-30H2,1H3;2-17,22-24,28-29H,18-21,25-26H2,1H3. The zero-order chi connectivity index (χ0) is 59.5. The van der Waals surface area contributed by atoms with Crippen molar-refractivity contribution in [2.45, 2.75) is 112 Å². The molecule has 0 heterocycles. The lowest BCUT2D eigenvalue weighted by Crippen LogP contribution is -2.25. The van der Waals surface area contributed by atoms with Gasteiger partial charge in [-0.15, -0.1) is 0 Å². The molecule has 12 aromatic rings. The molecule has 0 amide bonds. The molecule has 432 valence electrons. The molecule has 12 aromatic carbocycles. The van der Waals surface area contributed by atoms with Crippen molar-refractivity contribution in [2.24, 2.45) is 0 Å². The highest BCUT2D eigenvalue weighted by Gasteiger charge is 2.52. The summed E-state index contributed by atoms with van der Waals surface area (Å²) in [6, 6.07) is 103. The molecule has 0 aromatic heterocycles. The van der Waals surface area contributed by atoms with Gasteiger partial charge in [0.05, 0.1) is 0 Å². The van der Waals surface area contributed by atoms with E-state index in [0.717, 1.165) is 25.7 Å². The van der Waals surface area contributed by atoms with Gasteiger partial charge in [-0.05, 0) is 246 Å². The third kappa shape index (κ3) is 7.55. The summed E-state index contributed by atoms with van der Waals surface area (Å²) in [5, 5.41) is 0. The first-order chi connectivity index (χ1) is 44.3. The Morgan fingerprint density at radius 2 is 0.522 bits per heavy atom. The molecular weight excluding hydrogens is 1080 g/mol. The lowest BCUT2D eigenvalue weighted by atomic mass is 9.75. The molecule has 8 aliphatic rings. The fourth-order valence-electron chi connectivity index (χ4n) is 20.2. The van der Waals surface area contributed by atoms with Crippen LogP contribution in [0.3, 0.4) is 0 Å². The molecule has 0 N–H and O–H groups in total. The lowest BCUT2D eigenvalue weighted by molar-refractivity contribution is 0.536. The predicted octanol–water partition coefficient (Wildman–Crippen LogP) is 21.9. The SMILES string of the molecule is Cc1cc(-c2ccc3c(c2)CC2(C3)c3ccccc3-c3ccccc32)cc(-c2ccc3c(c2)CC2(C3)c3ccccc3-c3ccccc32)c1.Cc1cc(C2CCC3(C2)c2ccccc2-c2ccccc23)cc(C2CCC3(C2)c2ccccc2-c2ccccc23)c1. The minimum Gasteiger partial charge on any atom is -0.0619 e. The van der Waals surface area contributed by atoms with E-state index >= 15 is 0 Å². The van der Waals surface area contributed by atoms with Crippen LogP contribution in [0.15, 0.2) is 267 Å². The van der Waals surface area contributed by atoms with Crippen LogP contribution in [-0.4, -0.2) is 0 Å². The van der Waals surface area contributed by atoms with Crippen molar-refractivity contribution < 1.29 is 0 Å². The first kappa shape index (κ1) is 52.6. The second-order valence-corrected chi connectivity index (χ2v) is 28.5. The van der Waals surface area contributed by atoms with Gasteiger partial charge in [0.25, 0.3) is 0 Å². The maximum Gasteiger partial charge on any atom is 0.0295 e. The molecular formula is C90H72. The van der Waals surface area contributed by atoms with Crippen LogP contribution in [-0.2, 0) is 47.3 Å². The van der Waals surface area contributed by atoms with Gasteiger partial charge in [0.2, 0.25) is 0 Å². The van der Waals surface area contributed by atoms with E-state index < -0.39 is 0 Å². The average Bonchev–Trinajstić information content (AvgIpc) is 1.59. The molecule has 0 radical (unpaired) electrons. The highest BCUT2D eigenvalue weighted by Crippen LogP contribution is 2.63. The molecule has 20 rings (SSSR count). The molecule has 2 atom stereocenters. The van der Waals surface area contributed by atoms with Crippen LogP contribution >= 0.6 is 0 Å². The van der Waals surface area contributed by atoms with Gasteiger partial charge >= 0.3 is 0 Å². The predicted molar refractivity (Wildman–Crippen MR) is 372 cm³/mol. The summed E-state index contributed by atoms with van der Waals surface area (Å²) in [5.74, 6) is 1.22. The molecule has 0 nitrogen and oxygen atoms in total. The van der Waals surface area contributed by atoms with Crippen LogP contribution in [0.25, 0.3) is 66.8 Å². The van der Waals surface area contributed by atoms with Crippen LogP contribution in [0, 0.1) is 13.8 Å². The number of hydrogen-bond donors (Lipinski definition) is 0. The molecule has 0 aliphatic heterocycles. The number of aryl methyl sites for hydroxylation is 2. The molecule has 90 heavy (non-hydrogen) atoms. The molecule has 0 heteroatoms. The largest absolute Gasteiger partial charge is 0.0619 e. The quantitative estimate of drug-likeness (QED) is 0.165. The molecule has 2 unspecified atom stereocenters. The fourth-order valence-corrected chi connectivity index (χ4v) is 20.2. The van der Waals surface area contributed by atoms with Gasteiger partial charge in [0, 0.05) is 21.7 Å². The number of fused-ring (bicyclic) bond motifs is 22. The van der Waals surface area contributed by atoms with E-state index in [9.17, 15) is 0 Å². The second-order valence-electron chi connectivity index (χ2n) is 28.5. The Morgan fingerprint density at radius 1 is 0.244 bits per heavy atom. The minimum atomic E-state index is 0.0357. The third-order valence-electron chi connectivity index (χ3n) is 23.9. The maximum atomic E-state index is 2.62. The summed E-state index contributed by atoms with van der Waals surface area (Å²) < 4.78 is 0. The van der Waals surface area contributed by atoms with Crippen molar-refractivity contribution in [3.05, 3.63) is 356 Å². The number of benzene rings is 12. The van der Waals surface area contributed by atoms with E-state index in [1.165, 1.54) is 161 Å². The molecule has 8 aliphatic carbocycles. The van der Waals surface area contributed by atoms with Crippen molar-refractivity contribution in [1.29, 1.82) is 0 Å². The zero-order valence-electron chi connectivity index (χ0n) is 51.6. The van der Waals surface area contributed by atoms with Gasteiger partial charge in [-0.25, -0.2) is 0 Å². The Labute approximate surface area is 531 Å². The van der Waals surface area contributed by atoms with Crippen molar-refractivity contribution >= 4 is 0 Å². The average molecular weight is 1150 g/mol. The van der Waals surface area contributed by atoms with Gasteiger partial charge in [0.1, 0.15) is 0 Å². The van der Waals surface area contributed by atoms with Crippen molar-refractivity contribution in [3.8, 4) is 66.8 Å². The Morgan fingerprint density at radius 3 is 0.844 bits per heavy atom. The van der Waals surface area contributed by atoms with E-state index in [-0.39, 0.29) is 21.7 Å². The van der Waals surface area contributed by atoms with E-state index in [4.69, 9.17) is 0 Å². The topological polar surface area (TPSA) is 0 Å². The minimum absolute atomic E-state index is 0.0357. The van der Waals surface area contributed by atoms with Gasteiger partial charge in [-0.3, -0.25) is 0 Å². The molecule has 2 fully saturated rings. The second kappa shape index (κ2) is 19.6. The Kier molecular flexibility index (Phi) is 11.4. The molecule has 0 saturated heterocycles. The lowest BCUT2D eigenvalue weighted by Gasteiger charge is -2.28. The van der Waals surface area contributed by atoms with Crippen molar-refractivity contribution in [1.82, 2.24) is 0 Å². The highest BCUT2D eigenvalue weighted by atomic mass is 14.5. The Balaban J connectivity index is 0.000000132. The van der Waals surface area contributed by atoms with Crippen LogP contribution < -0.4 is 0 Å². The summed E-state index contributed by atoms with van der Waals surface area (Å²) >= 11 is 0. The van der Waals surface area contributed by atoms with E-state index in [0.29, 0.717) is 11.8 Å². The van der Waals surface area contributed by atoms with Crippen LogP contribution in [0.5, 0.6) is 0 Å². The third-order valence-corrected chi connectivity index (χ3v) is 23.9. The summed E-state index contributed by atoms with van der Waals surface area (Å²) in [5.41, 5.74) is 41.2.